The van der Waals surface area contributed by atoms with Crippen LogP contribution in [0.2, 0.25) is 0 Å². The summed E-state index contributed by atoms with van der Waals surface area (Å²) in [7, 11) is 0. The first kappa shape index (κ1) is 10.6. The highest BCUT2D eigenvalue weighted by molar-refractivity contribution is 6.05. The van der Waals surface area contributed by atoms with Gasteiger partial charge >= 0.3 is 0 Å². The zero-order valence-electron chi connectivity index (χ0n) is 8.85. The fraction of sp³-hybridized carbons (Fsp3) is 0.800. The molecule has 0 spiro atoms. The van der Waals surface area contributed by atoms with E-state index in [-0.39, 0.29) is 30.3 Å². The molecule has 0 bridgehead atoms. The molecule has 84 valence electrons. The maximum absolute atomic E-state index is 11.8. The summed E-state index contributed by atoms with van der Waals surface area (Å²) in [5.74, 6) is -0.395. The summed E-state index contributed by atoms with van der Waals surface area (Å²) in [6, 6.07) is 0. The van der Waals surface area contributed by atoms with Crippen LogP contribution in [0.1, 0.15) is 6.92 Å². The molecule has 0 aromatic heterocycles. The molecular formula is C10H16N2O3. The van der Waals surface area contributed by atoms with Gasteiger partial charge in [-0.15, -0.1) is 0 Å². The number of amides is 2. The maximum atomic E-state index is 11.8. The smallest absolute Gasteiger partial charge is 0.234 e. The molecular weight excluding hydrogens is 196 g/mol. The Bertz CT molecular complexity index is 268. The Balaban J connectivity index is 2.08. The Morgan fingerprint density at radius 3 is 2.20 bits per heavy atom. The van der Waals surface area contributed by atoms with Gasteiger partial charge in [0.2, 0.25) is 11.8 Å². The van der Waals surface area contributed by atoms with Gasteiger partial charge in [-0.1, -0.05) is 0 Å². The second-order valence-electron chi connectivity index (χ2n) is 4.12. The molecule has 5 heteroatoms. The molecule has 2 unspecified atom stereocenters. The van der Waals surface area contributed by atoms with Crippen molar-refractivity contribution in [3.05, 3.63) is 0 Å². The topological polar surface area (TPSA) is 60.9 Å². The predicted octanol–water partition coefficient (Wildman–Crippen LogP) is -1.08. The molecule has 2 heterocycles. The molecule has 0 saturated carbocycles. The summed E-state index contributed by atoms with van der Waals surface area (Å²) in [6.07, 6.45) is 0. The van der Waals surface area contributed by atoms with E-state index in [4.69, 9.17) is 5.11 Å². The van der Waals surface area contributed by atoms with Crippen LogP contribution >= 0.6 is 0 Å². The number of nitrogens with zero attached hydrogens (tertiary/aromatic N) is 2. The third kappa shape index (κ3) is 1.55. The largest absolute Gasteiger partial charge is 0.395 e. The highest BCUT2D eigenvalue weighted by Gasteiger charge is 2.51. The quantitative estimate of drug-likeness (QED) is 0.604. The highest BCUT2D eigenvalue weighted by atomic mass is 16.3. The van der Waals surface area contributed by atoms with Crippen molar-refractivity contribution in [3.8, 4) is 0 Å². The number of β-amino-alcohol motifs (C(OH)–C–C–N with tert-alkyl or cyclic N) is 1. The van der Waals surface area contributed by atoms with Crippen molar-refractivity contribution in [2.45, 2.75) is 6.92 Å². The van der Waals surface area contributed by atoms with Gasteiger partial charge in [0.15, 0.2) is 0 Å². The van der Waals surface area contributed by atoms with Crippen LogP contribution < -0.4 is 0 Å². The molecule has 0 radical (unpaired) electrons. The molecule has 0 aromatic rings. The zero-order valence-corrected chi connectivity index (χ0v) is 8.85. The van der Waals surface area contributed by atoms with Gasteiger partial charge in [0.05, 0.1) is 18.4 Å². The molecule has 2 amide bonds. The molecule has 5 nitrogen and oxygen atoms in total. The Morgan fingerprint density at radius 1 is 1.27 bits per heavy atom. The van der Waals surface area contributed by atoms with Gasteiger partial charge in [-0.3, -0.25) is 19.4 Å². The molecule has 0 aromatic carbocycles. The molecule has 2 fully saturated rings. The van der Waals surface area contributed by atoms with E-state index < -0.39 is 0 Å². The van der Waals surface area contributed by atoms with Gasteiger partial charge in [0, 0.05) is 26.2 Å². The normalized spacial score (nSPS) is 31.5. The van der Waals surface area contributed by atoms with Crippen molar-refractivity contribution in [1.29, 1.82) is 0 Å². The Kier molecular flexibility index (Phi) is 2.75. The minimum absolute atomic E-state index is 0.0343. The van der Waals surface area contributed by atoms with E-state index in [1.165, 1.54) is 4.90 Å². The molecule has 2 rings (SSSR count). The number of aliphatic hydroxyl groups is 1. The number of carbonyl (C=O) groups excluding carboxylic acids is 2. The van der Waals surface area contributed by atoms with Crippen molar-refractivity contribution in [2.75, 3.05) is 32.8 Å². The van der Waals surface area contributed by atoms with Crippen LogP contribution in [0.25, 0.3) is 0 Å². The second-order valence-corrected chi connectivity index (χ2v) is 4.12. The lowest BCUT2D eigenvalue weighted by Gasteiger charge is -2.18. The van der Waals surface area contributed by atoms with Crippen LogP contribution in [0.5, 0.6) is 0 Å². The number of imide groups is 1. The molecule has 2 aliphatic rings. The van der Waals surface area contributed by atoms with Crippen molar-refractivity contribution in [2.24, 2.45) is 11.8 Å². The van der Waals surface area contributed by atoms with Crippen molar-refractivity contribution in [3.63, 3.8) is 0 Å². The number of fused-ring (bicyclic) bond motifs is 1. The van der Waals surface area contributed by atoms with Crippen molar-refractivity contribution in [1.82, 2.24) is 9.80 Å². The number of hydrogen-bond donors (Lipinski definition) is 1. The minimum Gasteiger partial charge on any atom is -0.395 e. The number of aliphatic hydroxyl groups excluding tert-OH is 1. The molecule has 15 heavy (non-hydrogen) atoms. The van der Waals surface area contributed by atoms with Crippen LogP contribution in [0, 0.1) is 11.8 Å². The molecule has 2 saturated heterocycles. The molecule has 2 atom stereocenters. The van der Waals surface area contributed by atoms with Crippen LogP contribution in [-0.2, 0) is 9.59 Å². The summed E-state index contributed by atoms with van der Waals surface area (Å²) in [5, 5.41) is 8.80. The summed E-state index contributed by atoms with van der Waals surface area (Å²) in [5.41, 5.74) is 0. The average molecular weight is 212 g/mol. The van der Waals surface area contributed by atoms with Gasteiger partial charge in [-0.05, 0) is 6.92 Å². The lowest BCUT2D eigenvalue weighted by Crippen LogP contribution is -2.36. The fourth-order valence-electron chi connectivity index (χ4n) is 2.53. The van der Waals surface area contributed by atoms with Crippen LogP contribution in [0.15, 0.2) is 0 Å². The predicted molar refractivity (Wildman–Crippen MR) is 52.9 cm³/mol. The first-order valence-corrected chi connectivity index (χ1v) is 5.37. The Labute approximate surface area is 88.6 Å². The number of rotatable bonds is 3. The van der Waals surface area contributed by atoms with E-state index in [1.807, 2.05) is 11.8 Å². The van der Waals surface area contributed by atoms with Gasteiger partial charge in [-0.25, -0.2) is 0 Å². The molecule has 1 N–H and O–H groups in total. The lowest BCUT2D eigenvalue weighted by molar-refractivity contribution is -0.140. The van der Waals surface area contributed by atoms with Gasteiger partial charge in [0.1, 0.15) is 0 Å². The third-order valence-corrected chi connectivity index (χ3v) is 3.29. The summed E-state index contributed by atoms with van der Waals surface area (Å²) >= 11 is 0. The maximum Gasteiger partial charge on any atom is 0.234 e. The Hall–Kier alpha value is -0.940. The SMILES string of the molecule is CCN1C(=O)C2CN(CCO)CC2C1=O. The van der Waals surface area contributed by atoms with Crippen molar-refractivity contribution >= 4 is 11.8 Å². The number of hydrogen-bond acceptors (Lipinski definition) is 4. The summed E-state index contributed by atoms with van der Waals surface area (Å²) in [6.45, 7) is 4.17. The van der Waals surface area contributed by atoms with E-state index in [0.29, 0.717) is 26.2 Å². The van der Waals surface area contributed by atoms with Crippen molar-refractivity contribution < 1.29 is 14.7 Å². The van der Waals surface area contributed by atoms with E-state index in [9.17, 15) is 9.59 Å². The lowest BCUT2D eigenvalue weighted by atomic mass is 10.00. The first-order chi connectivity index (χ1) is 7.19. The van der Waals surface area contributed by atoms with Gasteiger partial charge in [0.25, 0.3) is 0 Å². The van der Waals surface area contributed by atoms with Crippen LogP contribution in [-0.4, -0.2) is 59.5 Å². The average Bonchev–Trinajstić information content (AvgIpc) is 2.70. The zero-order chi connectivity index (χ0) is 11.0. The van der Waals surface area contributed by atoms with E-state index in [1.54, 1.807) is 0 Å². The van der Waals surface area contributed by atoms with Crippen LogP contribution in [0.4, 0.5) is 0 Å². The monoisotopic (exact) mass is 212 g/mol. The number of carbonyl (C=O) groups is 2. The van der Waals surface area contributed by atoms with Gasteiger partial charge in [-0.2, -0.15) is 0 Å². The standard InChI is InChI=1S/C10H16N2O3/c1-2-12-9(14)7-5-11(3-4-13)6-8(7)10(12)15/h7-8,13H,2-6H2,1H3. The summed E-state index contributed by atoms with van der Waals surface area (Å²) < 4.78 is 0. The molecule has 0 aliphatic carbocycles. The van der Waals surface area contributed by atoms with E-state index in [0.717, 1.165) is 0 Å². The minimum atomic E-state index is -0.163. The Morgan fingerprint density at radius 2 is 1.80 bits per heavy atom. The first-order valence-electron chi connectivity index (χ1n) is 5.37. The van der Waals surface area contributed by atoms with Crippen LogP contribution in [0.3, 0.4) is 0 Å². The number of likely N-dealkylation sites (tertiary alicyclic amines) is 2. The second kappa shape index (κ2) is 3.90. The highest BCUT2D eigenvalue weighted by Crippen LogP contribution is 2.32. The third-order valence-electron chi connectivity index (χ3n) is 3.29. The molecule has 2 aliphatic heterocycles. The van der Waals surface area contributed by atoms with E-state index in [2.05, 4.69) is 0 Å². The van der Waals surface area contributed by atoms with Gasteiger partial charge < -0.3 is 5.11 Å². The fourth-order valence-corrected chi connectivity index (χ4v) is 2.53. The summed E-state index contributed by atoms with van der Waals surface area (Å²) in [4.78, 5) is 26.9. The van der Waals surface area contributed by atoms with E-state index >= 15 is 0 Å².